The lowest BCUT2D eigenvalue weighted by Crippen LogP contribution is -2.31. The van der Waals surface area contributed by atoms with Crippen molar-refractivity contribution in [2.24, 2.45) is 0 Å². The maximum absolute atomic E-state index is 11.3. The minimum atomic E-state index is -1.07. The van der Waals surface area contributed by atoms with E-state index in [-0.39, 0.29) is 5.91 Å². The average Bonchev–Trinajstić information content (AvgIpc) is 3.02. The van der Waals surface area contributed by atoms with Crippen LogP contribution in [0.3, 0.4) is 0 Å². The van der Waals surface area contributed by atoms with E-state index < -0.39 is 18.2 Å². The van der Waals surface area contributed by atoms with Crippen LogP contribution in [0.15, 0.2) is 0 Å². The standard InChI is InChI=1S/C11H19NO4/c1-2-3-4-5-6-7-12-10(13)8-9(16-8)11(14)15/h8-9H,2-7H2,1H3,(H,12,13)(H,14,15)/t8-,9-/m0/s1. The van der Waals surface area contributed by atoms with Crippen LogP contribution in [0.25, 0.3) is 0 Å². The van der Waals surface area contributed by atoms with E-state index >= 15 is 0 Å². The van der Waals surface area contributed by atoms with Crippen molar-refractivity contribution in [3.8, 4) is 0 Å². The van der Waals surface area contributed by atoms with Crippen LogP contribution in [0.1, 0.15) is 39.0 Å². The van der Waals surface area contributed by atoms with Crippen LogP contribution in [-0.2, 0) is 14.3 Å². The molecule has 0 aromatic rings. The molecule has 0 bridgehead atoms. The van der Waals surface area contributed by atoms with E-state index in [1.165, 1.54) is 19.3 Å². The minimum absolute atomic E-state index is 0.303. The molecule has 16 heavy (non-hydrogen) atoms. The summed E-state index contributed by atoms with van der Waals surface area (Å²) in [5, 5.41) is 11.2. The van der Waals surface area contributed by atoms with Gasteiger partial charge in [0.05, 0.1) is 0 Å². The van der Waals surface area contributed by atoms with Crippen LogP contribution >= 0.6 is 0 Å². The Morgan fingerprint density at radius 3 is 2.44 bits per heavy atom. The van der Waals surface area contributed by atoms with Crippen LogP contribution < -0.4 is 5.32 Å². The Labute approximate surface area is 95.2 Å². The molecular weight excluding hydrogens is 210 g/mol. The van der Waals surface area contributed by atoms with Gasteiger partial charge in [0, 0.05) is 6.54 Å². The van der Waals surface area contributed by atoms with E-state index in [1.807, 2.05) is 0 Å². The number of carboxylic acid groups (broad SMARTS) is 1. The van der Waals surface area contributed by atoms with E-state index in [0.29, 0.717) is 6.54 Å². The highest BCUT2D eigenvalue weighted by Crippen LogP contribution is 2.21. The molecule has 92 valence electrons. The lowest BCUT2D eigenvalue weighted by molar-refractivity contribution is -0.138. The van der Waals surface area contributed by atoms with Crippen LogP contribution in [-0.4, -0.2) is 35.7 Å². The molecule has 2 atom stereocenters. The van der Waals surface area contributed by atoms with Crippen LogP contribution in [0.4, 0.5) is 0 Å². The molecule has 1 heterocycles. The number of amides is 1. The van der Waals surface area contributed by atoms with Crippen molar-refractivity contribution >= 4 is 11.9 Å². The van der Waals surface area contributed by atoms with Crippen molar-refractivity contribution in [2.75, 3.05) is 6.54 Å². The first kappa shape index (κ1) is 13.0. The number of hydrogen-bond acceptors (Lipinski definition) is 3. The summed E-state index contributed by atoms with van der Waals surface area (Å²) in [6.45, 7) is 2.76. The normalized spacial score (nSPS) is 22.8. The quantitative estimate of drug-likeness (QED) is 0.479. The Hall–Kier alpha value is -1.10. The van der Waals surface area contributed by atoms with Gasteiger partial charge in [0.1, 0.15) is 0 Å². The smallest absolute Gasteiger partial charge is 0.336 e. The van der Waals surface area contributed by atoms with Gasteiger partial charge in [-0.2, -0.15) is 0 Å². The lowest BCUT2D eigenvalue weighted by Gasteiger charge is -2.02. The van der Waals surface area contributed by atoms with Gasteiger partial charge in [0.25, 0.3) is 5.91 Å². The fraction of sp³-hybridized carbons (Fsp3) is 0.818. The third kappa shape index (κ3) is 4.18. The number of rotatable bonds is 8. The van der Waals surface area contributed by atoms with Gasteiger partial charge < -0.3 is 15.2 Å². The number of unbranched alkanes of at least 4 members (excludes halogenated alkanes) is 4. The Balaban J connectivity index is 1.98. The summed E-state index contributed by atoms with van der Waals surface area (Å²) in [7, 11) is 0. The molecule has 0 aromatic heterocycles. The van der Waals surface area contributed by atoms with Crippen LogP contribution in [0.5, 0.6) is 0 Å². The number of epoxide rings is 1. The van der Waals surface area contributed by atoms with E-state index in [4.69, 9.17) is 9.84 Å². The maximum Gasteiger partial charge on any atom is 0.336 e. The first-order valence-electron chi connectivity index (χ1n) is 5.82. The molecule has 1 aliphatic rings. The molecule has 1 rings (SSSR count). The van der Waals surface area contributed by atoms with Gasteiger partial charge in [-0.1, -0.05) is 32.6 Å². The van der Waals surface area contributed by atoms with Gasteiger partial charge >= 0.3 is 5.97 Å². The predicted octanol–water partition coefficient (Wildman–Crippen LogP) is 0.925. The molecule has 0 radical (unpaired) electrons. The molecule has 0 aliphatic carbocycles. The summed E-state index contributed by atoms with van der Waals surface area (Å²) >= 11 is 0. The maximum atomic E-state index is 11.3. The molecule has 2 N–H and O–H groups in total. The molecule has 0 saturated carbocycles. The number of aliphatic carboxylic acids is 1. The van der Waals surface area contributed by atoms with Crippen LogP contribution in [0.2, 0.25) is 0 Å². The number of nitrogens with one attached hydrogen (secondary N) is 1. The minimum Gasteiger partial charge on any atom is -0.479 e. The third-order valence-electron chi connectivity index (χ3n) is 2.57. The molecular formula is C11H19NO4. The van der Waals surface area contributed by atoms with Crippen molar-refractivity contribution in [1.82, 2.24) is 5.32 Å². The zero-order chi connectivity index (χ0) is 12.0. The molecule has 1 amide bonds. The number of ether oxygens (including phenoxy) is 1. The molecule has 0 unspecified atom stereocenters. The lowest BCUT2D eigenvalue weighted by atomic mass is 10.1. The van der Waals surface area contributed by atoms with Gasteiger partial charge in [-0.25, -0.2) is 4.79 Å². The molecule has 0 aromatic carbocycles. The summed E-state index contributed by atoms with van der Waals surface area (Å²) in [4.78, 5) is 21.7. The third-order valence-corrected chi connectivity index (χ3v) is 2.57. The molecule has 1 saturated heterocycles. The van der Waals surface area contributed by atoms with Gasteiger partial charge in [-0.05, 0) is 6.42 Å². The summed E-state index contributed by atoms with van der Waals surface area (Å²) in [5.41, 5.74) is 0. The van der Waals surface area contributed by atoms with E-state index in [0.717, 1.165) is 12.8 Å². The van der Waals surface area contributed by atoms with Crippen molar-refractivity contribution in [3.63, 3.8) is 0 Å². The highest BCUT2D eigenvalue weighted by molar-refractivity contribution is 5.91. The zero-order valence-corrected chi connectivity index (χ0v) is 9.57. The van der Waals surface area contributed by atoms with Crippen molar-refractivity contribution in [2.45, 2.75) is 51.2 Å². The Morgan fingerprint density at radius 1 is 1.19 bits per heavy atom. The number of carboxylic acids is 1. The zero-order valence-electron chi connectivity index (χ0n) is 9.57. The van der Waals surface area contributed by atoms with Gasteiger partial charge in [0.2, 0.25) is 0 Å². The van der Waals surface area contributed by atoms with Gasteiger partial charge in [0.15, 0.2) is 12.2 Å². The van der Waals surface area contributed by atoms with E-state index in [2.05, 4.69) is 12.2 Å². The largest absolute Gasteiger partial charge is 0.479 e. The first-order chi connectivity index (χ1) is 7.66. The molecule has 0 spiro atoms. The fourth-order valence-electron chi connectivity index (χ4n) is 1.54. The van der Waals surface area contributed by atoms with Gasteiger partial charge in [-0.3, -0.25) is 4.79 Å². The SMILES string of the molecule is CCCCCCCNC(=O)[C@H]1O[C@@H]1C(=O)O. The number of hydrogen-bond donors (Lipinski definition) is 2. The number of carbonyl (C=O) groups is 2. The van der Waals surface area contributed by atoms with Gasteiger partial charge in [-0.15, -0.1) is 0 Å². The molecule has 5 heteroatoms. The highest BCUT2D eigenvalue weighted by Gasteiger charge is 2.50. The number of carbonyl (C=O) groups excluding carboxylic acids is 1. The average molecular weight is 229 g/mol. The summed E-state index contributed by atoms with van der Waals surface area (Å²) in [5.74, 6) is -1.37. The molecule has 1 fully saturated rings. The second-order valence-corrected chi connectivity index (χ2v) is 4.02. The second kappa shape index (κ2) is 6.48. The van der Waals surface area contributed by atoms with Crippen molar-refractivity contribution in [1.29, 1.82) is 0 Å². The monoisotopic (exact) mass is 229 g/mol. The topological polar surface area (TPSA) is 78.9 Å². The van der Waals surface area contributed by atoms with Crippen molar-refractivity contribution in [3.05, 3.63) is 0 Å². The summed E-state index contributed by atoms with van der Waals surface area (Å²) in [6.07, 6.45) is 3.94. The highest BCUT2D eigenvalue weighted by atomic mass is 16.6. The van der Waals surface area contributed by atoms with Crippen molar-refractivity contribution < 1.29 is 19.4 Å². The Kier molecular flexibility index (Phi) is 5.25. The Bertz CT molecular complexity index is 254. The predicted molar refractivity (Wildman–Crippen MR) is 58.1 cm³/mol. The molecule has 1 aliphatic heterocycles. The summed E-state index contributed by atoms with van der Waals surface area (Å²) in [6, 6.07) is 0. The second-order valence-electron chi connectivity index (χ2n) is 4.02. The Morgan fingerprint density at radius 2 is 1.88 bits per heavy atom. The van der Waals surface area contributed by atoms with Crippen LogP contribution in [0, 0.1) is 0 Å². The fourth-order valence-corrected chi connectivity index (χ4v) is 1.54. The van der Waals surface area contributed by atoms with E-state index in [9.17, 15) is 9.59 Å². The summed E-state index contributed by atoms with van der Waals surface area (Å²) < 4.78 is 4.72. The molecule has 5 nitrogen and oxygen atoms in total. The first-order valence-corrected chi connectivity index (χ1v) is 5.82. The van der Waals surface area contributed by atoms with E-state index in [1.54, 1.807) is 0 Å².